The van der Waals surface area contributed by atoms with E-state index < -0.39 is 8.07 Å². The second-order valence-corrected chi connectivity index (χ2v) is 11.5. The first kappa shape index (κ1) is 17.7. The zero-order chi connectivity index (χ0) is 16.7. The van der Waals surface area contributed by atoms with Crippen molar-refractivity contribution in [3.8, 4) is 0 Å². The smallest absolute Gasteiger partial charge is 0.0877 e. The van der Waals surface area contributed by atoms with E-state index in [2.05, 4.69) is 86.8 Å². The van der Waals surface area contributed by atoms with Gasteiger partial charge in [-0.2, -0.15) is 0 Å². The Hall–Kier alpha value is -1.64. The van der Waals surface area contributed by atoms with Gasteiger partial charge in [0.2, 0.25) is 0 Å². The molecule has 0 aromatic heterocycles. The highest BCUT2D eigenvalue weighted by atomic mass is 28.3. The molecule has 0 fully saturated rings. The highest BCUT2D eigenvalue weighted by Gasteiger charge is 2.36. The molecule has 0 unspecified atom stereocenters. The summed E-state index contributed by atoms with van der Waals surface area (Å²) < 4.78 is 0. The van der Waals surface area contributed by atoms with Crippen LogP contribution in [0.1, 0.15) is 12.5 Å². The van der Waals surface area contributed by atoms with Gasteiger partial charge in [-0.3, -0.25) is 0 Å². The Balaban J connectivity index is 2.31. The van der Waals surface area contributed by atoms with Crippen LogP contribution in [0.15, 0.2) is 72.8 Å². The summed E-state index contributed by atoms with van der Waals surface area (Å²) in [6.45, 7) is 7.15. The van der Waals surface area contributed by atoms with Gasteiger partial charge < -0.3 is 5.11 Å². The first-order chi connectivity index (χ1) is 11.1. The third kappa shape index (κ3) is 4.43. The van der Waals surface area contributed by atoms with Crippen LogP contribution >= 0.6 is 0 Å². The van der Waals surface area contributed by atoms with Gasteiger partial charge in [0.15, 0.2) is 0 Å². The van der Waals surface area contributed by atoms with Crippen molar-refractivity contribution in [3.63, 3.8) is 0 Å². The number of rotatable bonds is 7. The largest absolute Gasteiger partial charge is 0.396 e. The quantitative estimate of drug-likeness (QED) is 0.591. The Kier molecular flexibility index (Phi) is 6.37. The molecule has 1 nitrogen and oxygen atoms in total. The van der Waals surface area contributed by atoms with Crippen LogP contribution in [0.4, 0.5) is 0 Å². The van der Waals surface area contributed by atoms with Gasteiger partial charge in [-0.05, 0) is 30.4 Å². The van der Waals surface area contributed by atoms with Crippen LogP contribution in [0.25, 0.3) is 0 Å². The molecule has 0 spiro atoms. The van der Waals surface area contributed by atoms with Crippen LogP contribution in [0.2, 0.25) is 18.6 Å². The molecule has 0 heterocycles. The fraction of sp³-hybridized carbons (Fsp3) is 0.333. The van der Waals surface area contributed by atoms with Crippen LogP contribution < -0.4 is 5.19 Å². The molecule has 1 N–H and O–H groups in total. The van der Waals surface area contributed by atoms with Crippen molar-refractivity contribution < 1.29 is 5.11 Å². The summed E-state index contributed by atoms with van der Waals surface area (Å²) in [6.07, 6.45) is 5.40. The lowest BCUT2D eigenvalue weighted by Gasteiger charge is -2.36. The van der Waals surface area contributed by atoms with E-state index in [4.69, 9.17) is 0 Å². The summed E-state index contributed by atoms with van der Waals surface area (Å²) in [5.41, 5.74) is 1.72. The summed E-state index contributed by atoms with van der Waals surface area (Å²) in [4.78, 5) is 0. The standard InChI is InChI=1S/C21H28OSi/c1-4-11-21(23(2,3)20-14-9-6-10-15-20)19(17-22)16-18-12-7-5-8-13-18/h4-15,19,21-22H,16-17H2,1-3H3/b11-4+/t19-,21+/m0/s1. The first-order valence-corrected chi connectivity index (χ1v) is 11.5. The van der Waals surface area contributed by atoms with Gasteiger partial charge in [0.25, 0.3) is 0 Å². The topological polar surface area (TPSA) is 20.2 Å². The minimum Gasteiger partial charge on any atom is -0.396 e. The first-order valence-electron chi connectivity index (χ1n) is 8.42. The molecule has 0 radical (unpaired) electrons. The van der Waals surface area contributed by atoms with Gasteiger partial charge in [-0.25, -0.2) is 0 Å². The highest BCUT2D eigenvalue weighted by molar-refractivity contribution is 6.91. The molecule has 2 atom stereocenters. The lowest BCUT2D eigenvalue weighted by molar-refractivity contribution is 0.225. The van der Waals surface area contributed by atoms with E-state index in [0.717, 1.165) is 6.42 Å². The van der Waals surface area contributed by atoms with E-state index >= 15 is 0 Å². The van der Waals surface area contributed by atoms with Crippen molar-refractivity contribution in [2.75, 3.05) is 6.61 Å². The van der Waals surface area contributed by atoms with Crippen molar-refractivity contribution in [3.05, 3.63) is 78.4 Å². The molecule has 0 bridgehead atoms. The zero-order valence-corrected chi connectivity index (χ0v) is 15.4. The van der Waals surface area contributed by atoms with Crippen LogP contribution in [0.3, 0.4) is 0 Å². The summed E-state index contributed by atoms with van der Waals surface area (Å²) in [7, 11) is -1.71. The fourth-order valence-electron chi connectivity index (χ4n) is 3.48. The van der Waals surface area contributed by atoms with Crippen LogP contribution in [-0.2, 0) is 6.42 Å². The lowest BCUT2D eigenvalue weighted by Crippen LogP contribution is -2.48. The minimum atomic E-state index is -1.71. The van der Waals surface area contributed by atoms with Gasteiger partial charge in [-0.1, -0.05) is 91.1 Å². The van der Waals surface area contributed by atoms with E-state index in [1.165, 1.54) is 10.8 Å². The van der Waals surface area contributed by atoms with Crippen molar-refractivity contribution in [1.82, 2.24) is 0 Å². The Morgan fingerprint density at radius 1 is 0.957 bits per heavy atom. The average molecular weight is 325 g/mol. The number of benzene rings is 2. The number of aliphatic hydroxyl groups excluding tert-OH is 1. The number of allylic oxidation sites excluding steroid dienone is 2. The number of hydrogen-bond acceptors (Lipinski definition) is 1. The van der Waals surface area contributed by atoms with Crippen molar-refractivity contribution in [2.45, 2.75) is 32.0 Å². The summed E-state index contributed by atoms with van der Waals surface area (Å²) in [5, 5.41) is 11.5. The second kappa shape index (κ2) is 8.28. The average Bonchev–Trinajstić information content (AvgIpc) is 2.59. The summed E-state index contributed by atoms with van der Waals surface area (Å²) >= 11 is 0. The molecule has 2 aromatic carbocycles. The molecular formula is C21H28OSi. The van der Waals surface area contributed by atoms with Gasteiger partial charge >= 0.3 is 0 Å². The second-order valence-electron chi connectivity index (χ2n) is 6.77. The molecule has 0 aliphatic carbocycles. The molecule has 122 valence electrons. The molecule has 2 rings (SSSR count). The van der Waals surface area contributed by atoms with E-state index in [1.807, 2.05) is 6.07 Å². The Labute approximate surface area is 141 Å². The molecule has 2 aromatic rings. The molecule has 23 heavy (non-hydrogen) atoms. The van der Waals surface area contributed by atoms with Gasteiger partial charge in [-0.15, -0.1) is 0 Å². The molecular weight excluding hydrogens is 296 g/mol. The maximum absolute atomic E-state index is 10.1. The fourth-order valence-corrected chi connectivity index (χ4v) is 6.99. The van der Waals surface area contributed by atoms with Crippen LogP contribution in [0.5, 0.6) is 0 Å². The monoisotopic (exact) mass is 324 g/mol. The number of hydrogen-bond donors (Lipinski definition) is 1. The van der Waals surface area contributed by atoms with E-state index in [1.54, 1.807) is 0 Å². The molecule has 0 aliphatic heterocycles. The van der Waals surface area contributed by atoms with Gasteiger partial charge in [0.05, 0.1) is 8.07 Å². The molecule has 0 amide bonds. The molecule has 0 saturated heterocycles. The Bertz CT molecular complexity index is 604. The van der Waals surface area contributed by atoms with E-state index in [-0.39, 0.29) is 12.5 Å². The number of aliphatic hydroxyl groups is 1. The molecule has 0 aliphatic rings. The van der Waals surface area contributed by atoms with Crippen molar-refractivity contribution in [1.29, 1.82) is 0 Å². The SMILES string of the molecule is C/C=C/[C@H]([C@H](CO)Cc1ccccc1)[Si](C)(C)c1ccccc1. The highest BCUT2D eigenvalue weighted by Crippen LogP contribution is 2.33. The zero-order valence-electron chi connectivity index (χ0n) is 14.4. The van der Waals surface area contributed by atoms with Crippen molar-refractivity contribution >= 4 is 13.3 Å². The maximum Gasteiger partial charge on any atom is 0.0877 e. The molecule has 2 heteroatoms. The van der Waals surface area contributed by atoms with E-state index in [0.29, 0.717) is 5.54 Å². The lowest BCUT2D eigenvalue weighted by atomic mass is 9.96. The van der Waals surface area contributed by atoms with Gasteiger partial charge in [0.1, 0.15) is 0 Å². The molecule has 0 saturated carbocycles. The Morgan fingerprint density at radius 3 is 2.04 bits per heavy atom. The predicted octanol–water partition coefficient (Wildman–Crippen LogP) is 4.40. The van der Waals surface area contributed by atoms with Gasteiger partial charge in [0, 0.05) is 6.61 Å². The van der Waals surface area contributed by atoms with Crippen LogP contribution in [-0.4, -0.2) is 19.8 Å². The van der Waals surface area contributed by atoms with Crippen LogP contribution in [0, 0.1) is 5.92 Å². The van der Waals surface area contributed by atoms with Crippen molar-refractivity contribution in [2.24, 2.45) is 5.92 Å². The third-order valence-corrected chi connectivity index (χ3v) is 8.99. The summed E-state index contributed by atoms with van der Waals surface area (Å²) in [6, 6.07) is 21.3. The Morgan fingerprint density at radius 2 is 1.52 bits per heavy atom. The van der Waals surface area contributed by atoms with E-state index in [9.17, 15) is 5.11 Å². The minimum absolute atomic E-state index is 0.229. The maximum atomic E-state index is 10.1. The normalized spacial score (nSPS) is 14.8. The predicted molar refractivity (Wildman–Crippen MR) is 103 cm³/mol. The third-order valence-electron chi connectivity index (χ3n) is 4.83. The summed E-state index contributed by atoms with van der Waals surface area (Å²) in [5.74, 6) is 0.260.